The Hall–Kier alpha value is -1.84. The van der Waals surface area contributed by atoms with Gasteiger partial charge in [-0.1, -0.05) is 37.3 Å². The van der Waals surface area contributed by atoms with Gasteiger partial charge in [-0.05, 0) is 18.9 Å². The number of carboxylic acids is 1. The zero-order valence-corrected chi connectivity index (χ0v) is 10.1. The molecule has 1 aromatic rings. The normalized spacial score (nSPS) is 13.8. The van der Waals surface area contributed by atoms with Gasteiger partial charge in [0.05, 0.1) is 0 Å². The Bertz CT molecular complexity index is 402. The summed E-state index contributed by atoms with van der Waals surface area (Å²) in [4.78, 5) is 22.9. The number of carbonyl (C=O) groups is 2. The lowest BCUT2D eigenvalue weighted by Gasteiger charge is -2.26. The van der Waals surface area contributed by atoms with Gasteiger partial charge in [-0.3, -0.25) is 4.79 Å². The van der Waals surface area contributed by atoms with E-state index in [1.54, 1.807) is 30.3 Å². The van der Waals surface area contributed by atoms with Crippen molar-refractivity contribution < 1.29 is 14.7 Å². The Kier molecular flexibility index (Phi) is 4.26. The van der Waals surface area contributed by atoms with Gasteiger partial charge in [-0.15, -0.1) is 0 Å². The molecule has 0 spiro atoms. The topological polar surface area (TPSA) is 66.4 Å². The Morgan fingerprint density at radius 3 is 2.35 bits per heavy atom. The molecule has 0 bridgehead atoms. The summed E-state index contributed by atoms with van der Waals surface area (Å²) < 4.78 is 0. The molecule has 0 aliphatic heterocycles. The molecule has 0 radical (unpaired) electrons. The average molecular weight is 235 g/mol. The molecule has 1 unspecified atom stereocenters. The van der Waals surface area contributed by atoms with Crippen molar-refractivity contribution in [3.8, 4) is 0 Å². The van der Waals surface area contributed by atoms with Gasteiger partial charge in [-0.25, -0.2) is 4.79 Å². The van der Waals surface area contributed by atoms with Gasteiger partial charge in [0.15, 0.2) is 5.54 Å². The first-order valence-corrected chi connectivity index (χ1v) is 5.60. The Morgan fingerprint density at radius 2 is 1.88 bits per heavy atom. The van der Waals surface area contributed by atoms with Gasteiger partial charge >= 0.3 is 5.97 Å². The summed E-state index contributed by atoms with van der Waals surface area (Å²) >= 11 is 0. The van der Waals surface area contributed by atoms with Gasteiger partial charge in [0.1, 0.15) is 0 Å². The number of hydrogen-bond acceptors (Lipinski definition) is 2. The van der Waals surface area contributed by atoms with Crippen molar-refractivity contribution in [2.45, 2.75) is 32.2 Å². The zero-order chi connectivity index (χ0) is 12.9. The number of carbonyl (C=O) groups excluding carboxylic acids is 1. The molecule has 17 heavy (non-hydrogen) atoms. The molecule has 1 aromatic carbocycles. The maximum Gasteiger partial charge on any atom is 0.333 e. The highest BCUT2D eigenvalue weighted by molar-refractivity contribution is 5.87. The van der Waals surface area contributed by atoms with E-state index in [4.69, 9.17) is 0 Å². The number of rotatable bonds is 5. The van der Waals surface area contributed by atoms with Crippen molar-refractivity contribution in [2.24, 2.45) is 0 Å². The van der Waals surface area contributed by atoms with E-state index in [0.29, 0.717) is 18.4 Å². The van der Waals surface area contributed by atoms with Crippen molar-refractivity contribution >= 4 is 11.9 Å². The molecular formula is C13H17NO3. The number of benzene rings is 1. The maximum absolute atomic E-state index is 11.6. The Labute approximate surface area is 101 Å². The first kappa shape index (κ1) is 13.2. The molecule has 2 N–H and O–H groups in total. The van der Waals surface area contributed by atoms with Crippen LogP contribution in [0.2, 0.25) is 0 Å². The van der Waals surface area contributed by atoms with E-state index in [1.807, 2.05) is 6.92 Å². The summed E-state index contributed by atoms with van der Waals surface area (Å²) in [7, 11) is 0. The average Bonchev–Trinajstić information content (AvgIpc) is 2.30. The second kappa shape index (κ2) is 5.48. The molecule has 92 valence electrons. The predicted molar refractivity (Wildman–Crippen MR) is 64.5 cm³/mol. The van der Waals surface area contributed by atoms with Gasteiger partial charge in [0, 0.05) is 6.42 Å². The smallest absolute Gasteiger partial charge is 0.333 e. The van der Waals surface area contributed by atoms with Crippen LogP contribution < -0.4 is 5.32 Å². The third-order valence-electron chi connectivity index (χ3n) is 2.65. The minimum Gasteiger partial charge on any atom is -0.479 e. The molecular weight excluding hydrogens is 218 g/mol. The van der Waals surface area contributed by atoms with Crippen molar-refractivity contribution in [3.63, 3.8) is 0 Å². The summed E-state index contributed by atoms with van der Waals surface area (Å²) in [5, 5.41) is 11.9. The first-order valence-electron chi connectivity index (χ1n) is 5.60. The molecule has 0 saturated heterocycles. The summed E-state index contributed by atoms with van der Waals surface area (Å²) in [5.41, 5.74) is -0.801. The fraction of sp³-hybridized carbons (Fsp3) is 0.385. The first-order chi connectivity index (χ1) is 8.00. The minimum absolute atomic E-state index is 0.249. The predicted octanol–water partition coefficient (Wildman–Crippen LogP) is 1.90. The molecule has 4 heteroatoms. The van der Waals surface area contributed by atoms with E-state index >= 15 is 0 Å². The molecule has 1 amide bonds. The third kappa shape index (κ3) is 3.06. The summed E-state index contributed by atoms with van der Waals surface area (Å²) in [6, 6.07) is 8.70. The molecule has 0 aliphatic rings. The van der Waals surface area contributed by atoms with Crippen molar-refractivity contribution in [1.82, 2.24) is 5.32 Å². The number of hydrogen-bond donors (Lipinski definition) is 2. The summed E-state index contributed by atoms with van der Waals surface area (Å²) in [6.07, 6.45) is 1.02. The second-order valence-electron chi connectivity index (χ2n) is 4.09. The number of nitrogens with one attached hydrogen (secondary N) is 1. The minimum atomic E-state index is -1.37. The molecule has 1 atom stereocenters. The summed E-state index contributed by atoms with van der Waals surface area (Å²) in [5.74, 6) is -1.31. The van der Waals surface area contributed by atoms with Crippen molar-refractivity contribution in [2.75, 3.05) is 0 Å². The van der Waals surface area contributed by atoms with E-state index in [9.17, 15) is 14.7 Å². The Morgan fingerprint density at radius 1 is 1.29 bits per heavy atom. The van der Waals surface area contributed by atoms with Crippen molar-refractivity contribution in [3.05, 3.63) is 35.9 Å². The lowest BCUT2D eigenvalue weighted by atomic mass is 9.92. The maximum atomic E-state index is 11.6. The largest absolute Gasteiger partial charge is 0.479 e. The molecule has 0 aromatic heterocycles. The van der Waals surface area contributed by atoms with E-state index in [1.165, 1.54) is 6.92 Å². The number of carboxylic acid groups (broad SMARTS) is 1. The van der Waals surface area contributed by atoms with Gasteiger partial charge in [0.25, 0.3) is 0 Å². The lowest BCUT2D eigenvalue weighted by Crippen LogP contribution is -2.49. The molecule has 0 saturated carbocycles. The van der Waals surface area contributed by atoms with Gasteiger partial charge in [0.2, 0.25) is 5.91 Å². The quantitative estimate of drug-likeness (QED) is 0.819. The van der Waals surface area contributed by atoms with Gasteiger partial charge in [-0.2, -0.15) is 0 Å². The highest BCUT2D eigenvalue weighted by Crippen LogP contribution is 2.21. The van der Waals surface area contributed by atoms with E-state index in [0.717, 1.165) is 0 Å². The number of amides is 1. The third-order valence-corrected chi connectivity index (χ3v) is 2.65. The van der Waals surface area contributed by atoms with Crippen LogP contribution in [0.4, 0.5) is 0 Å². The monoisotopic (exact) mass is 235 g/mol. The fourth-order valence-corrected chi connectivity index (χ4v) is 1.59. The highest BCUT2D eigenvalue weighted by Gasteiger charge is 2.36. The van der Waals surface area contributed by atoms with Crippen LogP contribution >= 0.6 is 0 Å². The van der Waals surface area contributed by atoms with Crippen LogP contribution in [-0.4, -0.2) is 17.0 Å². The molecule has 0 fully saturated rings. The van der Waals surface area contributed by atoms with E-state index in [-0.39, 0.29) is 5.91 Å². The summed E-state index contributed by atoms with van der Waals surface area (Å²) in [6.45, 7) is 3.37. The Balaban J connectivity index is 2.99. The van der Waals surface area contributed by atoms with Crippen molar-refractivity contribution in [1.29, 1.82) is 0 Å². The van der Waals surface area contributed by atoms with Crippen LogP contribution in [0.15, 0.2) is 30.3 Å². The molecule has 1 rings (SSSR count). The molecule has 4 nitrogen and oxygen atoms in total. The van der Waals surface area contributed by atoms with Crippen LogP contribution in [0, 0.1) is 0 Å². The standard InChI is InChI=1S/C13H17NO3/c1-3-7-11(15)14-13(2,12(16)17)10-8-5-4-6-9-10/h4-6,8-9H,3,7H2,1-2H3,(H,14,15)(H,16,17). The van der Waals surface area contributed by atoms with E-state index < -0.39 is 11.5 Å². The van der Waals surface area contributed by atoms with Crippen LogP contribution in [0.25, 0.3) is 0 Å². The molecule has 0 heterocycles. The van der Waals surface area contributed by atoms with Crippen LogP contribution in [0.5, 0.6) is 0 Å². The number of aliphatic carboxylic acids is 1. The second-order valence-corrected chi connectivity index (χ2v) is 4.09. The highest BCUT2D eigenvalue weighted by atomic mass is 16.4. The fourth-order valence-electron chi connectivity index (χ4n) is 1.59. The van der Waals surface area contributed by atoms with E-state index in [2.05, 4.69) is 5.32 Å². The molecule has 0 aliphatic carbocycles. The van der Waals surface area contributed by atoms with Crippen LogP contribution in [0.1, 0.15) is 32.3 Å². The van der Waals surface area contributed by atoms with Gasteiger partial charge < -0.3 is 10.4 Å². The lowest BCUT2D eigenvalue weighted by molar-refractivity contribution is -0.147. The SMILES string of the molecule is CCCC(=O)NC(C)(C(=O)O)c1ccccc1. The van der Waals surface area contributed by atoms with Crippen LogP contribution in [-0.2, 0) is 15.1 Å². The van der Waals surface area contributed by atoms with Crippen LogP contribution in [0.3, 0.4) is 0 Å². The zero-order valence-electron chi connectivity index (χ0n) is 10.1.